The number of rotatable bonds is 4. The van der Waals surface area contributed by atoms with Crippen molar-refractivity contribution < 1.29 is 27.0 Å². The molecule has 1 saturated heterocycles. The average molecular weight is 453 g/mol. The standard InChI is InChI=1S/C21H23F4N5O2/c1-12-10-30(7-8-31-12)17-11-32-18-9-13(22)5-6-14(18)19(17)27-16-4-2-3-15(26)20(16)28-29-21(23,24)25/h2-6,9,12,17,19,27H,7-8,10-11,26H2,1H3. The Morgan fingerprint density at radius 2 is 2.03 bits per heavy atom. The largest absolute Gasteiger partial charge is 0.521 e. The number of benzene rings is 2. The van der Waals surface area contributed by atoms with Crippen LogP contribution in [-0.2, 0) is 4.74 Å². The highest BCUT2D eigenvalue weighted by molar-refractivity contribution is 5.78. The van der Waals surface area contributed by atoms with Gasteiger partial charge in [0.05, 0.1) is 36.2 Å². The minimum absolute atomic E-state index is 0.0162. The van der Waals surface area contributed by atoms with E-state index in [4.69, 9.17) is 15.2 Å². The van der Waals surface area contributed by atoms with Crippen molar-refractivity contribution in [2.75, 3.05) is 37.4 Å². The number of halogens is 4. The molecule has 0 aromatic heterocycles. The number of azo groups is 1. The Hall–Kier alpha value is -2.92. The molecule has 2 aromatic carbocycles. The van der Waals surface area contributed by atoms with Crippen molar-refractivity contribution in [1.82, 2.24) is 4.90 Å². The fourth-order valence-electron chi connectivity index (χ4n) is 4.07. The molecule has 7 nitrogen and oxygen atoms in total. The van der Waals surface area contributed by atoms with E-state index in [1.54, 1.807) is 18.2 Å². The first kappa shape index (κ1) is 22.3. The molecule has 3 unspecified atom stereocenters. The van der Waals surface area contributed by atoms with Crippen LogP contribution in [-0.4, -0.2) is 49.6 Å². The molecule has 2 heterocycles. The summed E-state index contributed by atoms with van der Waals surface area (Å²) in [5.41, 5.74) is 6.80. The molecule has 11 heteroatoms. The van der Waals surface area contributed by atoms with Gasteiger partial charge >= 0.3 is 6.30 Å². The average Bonchev–Trinajstić information content (AvgIpc) is 2.72. The number of hydrogen-bond donors (Lipinski definition) is 2. The van der Waals surface area contributed by atoms with Gasteiger partial charge in [0.1, 0.15) is 23.9 Å². The predicted molar refractivity (Wildman–Crippen MR) is 110 cm³/mol. The number of fused-ring (bicyclic) bond motifs is 1. The third-order valence-corrected chi connectivity index (χ3v) is 5.49. The molecule has 0 saturated carbocycles. The summed E-state index contributed by atoms with van der Waals surface area (Å²) in [4.78, 5) is 2.20. The van der Waals surface area contributed by atoms with Crippen molar-refractivity contribution in [2.45, 2.75) is 31.4 Å². The van der Waals surface area contributed by atoms with Crippen LogP contribution in [0.5, 0.6) is 5.75 Å². The van der Waals surface area contributed by atoms with Gasteiger partial charge in [-0.3, -0.25) is 4.90 Å². The molecular weight excluding hydrogens is 430 g/mol. The molecule has 0 radical (unpaired) electrons. The molecule has 4 rings (SSSR count). The van der Waals surface area contributed by atoms with Gasteiger partial charge in [-0.15, -0.1) is 18.3 Å². The lowest BCUT2D eigenvalue weighted by Crippen LogP contribution is -2.54. The minimum atomic E-state index is -4.82. The summed E-state index contributed by atoms with van der Waals surface area (Å²) in [6.07, 6.45) is -4.81. The van der Waals surface area contributed by atoms with E-state index >= 15 is 0 Å². The van der Waals surface area contributed by atoms with Gasteiger partial charge in [0.2, 0.25) is 0 Å². The maximum absolute atomic E-state index is 13.8. The fourth-order valence-corrected chi connectivity index (χ4v) is 4.07. The van der Waals surface area contributed by atoms with Gasteiger partial charge in [-0.25, -0.2) is 4.39 Å². The summed E-state index contributed by atoms with van der Waals surface area (Å²) in [5.74, 6) is -0.0630. The third-order valence-electron chi connectivity index (χ3n) is 5.49. The van der Waals surface area contributed by atoms with Crippen molar-refractivity contribution in [3.05, 3.63) is 47.8 Å². The second kappa shape index (κ2) is 8.91. The van der Waals surface area contributed by atoms with E-state index in [9.17, 15) is 17.6 Å². The van der Waals surface area contributed by atoms with E-state index in [1.807, 2.05) is 6.92 Å². The molecule has 0 amide bonds. The lowest BCUT2D eigenvalue weighted by Gasteiger charge is -2.44. The maximum atomic E-state index is 13.8. The second-order valence-corrected chi connectivity index (χ2v) is 7.77. The summed E-state index contributed by atoms with van der Waals surface area (Å²) < 4.78 is 63.2. The van der Waals surface area contributed by atoms with Gasteiger partial charge in [-0.1, -0.05) is 17.2 Å². The lowest BCUT2D eigenvalue weighted by atomic mass is 9.93. The van der Waals surface area contributed by atoms with Crippen LogP contribution in [0.3, 0.4) is 0 Å². The molecule has 0 aliphatic carbocycles. The molecular formula is C21H23F4N5O2. The van der Waals surface area contributed by atoms with Gasteiger partial charge < -0.3 is 20.5 Å². The Labute approximate surface area is 182 Å². The monoisotopic (exact) mass is 453 g/mol. The van der Waals surface area contributed by atoms with Crippen molar-refractivity contribution in [1.29, 1.82) is 0 Å². The Kier molecular flexibility index (Phi) is 6.20. The van der Waals surface area contributed by atoms with E-state index in [0.717, 1.165) is 0 Å². The number of anilines is 2. The summed E-state index contributed by atoms with van der Waals surface area (Å²) in [6, 6.07) is 8.27. The molecule has 172 valence electrons. The van der Waals surface area contributed by atoms with Gasteiger partial charge in [0, 0.05) is 24.7 Å². The highest BCUT2D eigenvalue weighted by Crippen LogP contribution is 2.41. The van der Waals surface area contributed by atoms with E-state index < -0.39 is 18.2 Å². The molecule has 32 heavy (non-hydrogen) atoms. The van der Waals surface area contributed by atoms with E-state index in [-0.39, 0.29) is 35.8 Å². The van der Waals surface area contributed by atoms with Crippen molar-refractivity contribution in [2.24, 2.45) is 10.2 Å². The Morgan fingerprint density at radius 3 is 2.78 bits per heavy atom. The normalized spacial score (nSPS) is 24.2. The predicted octanol–water partition coefficient (Wildman–Crippen LogP) is 4.65. The van der Waals surface area contributed by atoms with Crippen LogP contribution in [0.1, 0.15) is 18.5 Å². The van der Waals surface area contributed by atoms with Crippen molar-refractivity contribution >= 4 is 17.1 Å². The molecule has 3 N–H and O–H groups in total. The molecule has 0 bridgehead atoms. The highest BCUT2D eigenvalue weighted by atomic mass is 19.4. The molecule has 2 aliphatic rings. The molecule has 2 aliphatic heterocycles. The van der Waals surface area contributed by atoms with Crippen LogP contribution in [0.4, 0.5) is 34.6 Å². The summed E-state index contributed by atoms with van der Waals surface area (Å²) in [7, 11) is 0. The number of nitrogens with two attached hydrogens (primary N) is 1. The van der Waals surface area contributed by atoms with Gasteiger partial charge in [0.15, 0.2) is 0 Å². The van der Waals surface area contributed by atoms with Crippen LogP contribution in [0.25, 0.3) is 0 Å². The van der Waals surface area contributed by atoms with Crippen LogP contribution in [0, 0.1) is 5.82 Å². The number of hydrogen-bond acceptors (Lipinski definition) is 7. The van der Waals surface area contributed by atoms with Gasteiger partial charge in [-0.2, -0.15) is 0 Å². The number of morpholine rings is 1. The zero-order valence-electron chi connectivity index (χ0n) is 17.3. The number of nitrogens with zero attached hydrogens (tertiary/aromatic N) is 3. The Bertz CT molecular complexity index is 1000. The van der Waals surface area contributed by atoms with Crippen LogP contribution in [0.15, 0.2) is 46.6 Å². The molecule has 3 atom stereocenters. The first-order valence-electron chi connectivity index (χ1n) is 10.1. The van der Waals surface area contributed by atoms with E-state index in [2.05, 4.69) is 20.4 Å². The molecule has 1 fully saturated rings. The highest BCUT2D eigenvalue weighted by Gasteiger charge is 2.37. The Balaban J connectivity index is 1.72. The third kappa shape index (κ3) is 4.94. The molecule has 0 spiro atoms. The SMILES string of the molecule is CC1CN(C2COc3cc(F)ccc3C2Nc2cccc(N)c2N=NC(F)(F)F)CCO1. The molecule has 2 aromatic rings. The van der Waals surface area contributed by atoms with E-state index in [1.165, 1.54) is 18.2 Å². The first-order chi connectivity index (χ1) is 15.2. The van der Waals surface area contributed by atoms with Crippen LogP contribution < -0.4 is 15.8 Å². The lowest BCUT2D eigenvalue weighted by molar-refractivity contribution is -0.125. The van der Waals surface area contributed by atoms with Gasteiger partial charge in [0.25, 0.3) is 0 Å². The quantitative estimate of drug-likeness (QED) is 0.305. The number of nitrogen functional groups attached to an aromatic ring is 1. The number of ether oxygens (including phenoxy) is 2. The first-order valence-corrected chi connectivity index (χ1v) is 10.1. The van der Waals surface area contributed by atoms with Crippen molar-refractivity contribution in [3.8, 4) is 5.75 Å². The van der Waals surface area contributed by atoms with Crippen LogP contribution >= 0.6 is 0 Å². The fraction of sp³-hybridized carbons (Fsp3) is 0.429. The smallest absolute Gasteiger partial charge is 0.491 e. The summed E-state index contributed by atoms with van der Waals surface area (Å²) >= 11 is 0. The zero-order chi connectivity index (χ0) is 22.9. The van der Waals surface area contributed by atoms with Crippen molar-refractivity contribution in [3.63, 3.8) is 0 Å². The number of alkyl halides is 3. The summed E-state index contributed by atoms with van der Waals surface area (Å²) in [6.45, 7) is 4.09. The Morgan fingerprint density at radius 1 is 1.22 bits per heavy atom. The van der Waals surface area contributed by atoms with Gasteiger partial charge in [-0.05, 0) is 25.1 Å². The topological polar surface area (TPSA) is 84.5 Å². The van der Waals surface area contributed by atoms with E-state index in [0.29, 0.717) is 31.0 Å². The van der Waals surface area contributed by atoms with Crippen LogP contribution in [0.2, 0.25) is 0 Å². The maximum Gasteiger partial charge on any atom is 0.521 e. The minimum Gasteiger partial charge on any atom is -0.491 e. The summed E-state index contributed by atoms with van der Waals surface area (Å²) in [5, 5.41) is 9.05. The number of nitrogens with one attached hydrogen (secondary N) is 1. The second-order valence-electron chi connectivity index (χ2n) is 7.77. The zero-order valence-corrected chi connectivity index (χ0v) is 17.3.